The summed E-state index contributed by atoms with van der Waals surface area (Å²) in [6.45, 7) is 1.97. The summed E-state index contributed by atoms with van der Waals surface area (Å²) in [6.07, 6.45) is 2.82. The van der Waals surface area contributed by atoms with Gasteiger partial charge in [-0.05, 0) is 12.0 Å². The van der Waals surface area contributed by atoms with Crippen LogP contribution in [-0.4, -0.2) is 41.9 Å². The van der Waals surface area contributed by atoms with Crippen LogP contribution in [0.2, 0.25) is 0 Å². The van der Waals surface area contributed by atoms with Gasteiger partial charge in [-0.1, -0.05) is 67.8 Å². The van der Waals surface area contributed by atoms with Gasteiger partial charge in [-0.3, -0.25) is 10.0 Å². The number of carbonyl (C=O) groups is 1. The van der Waals surface area contributed by atoms with Gasteiger partial charge in [0.2, 0.25) is 15.0 Å². The van der Waals surface area contributed by atoms with Crippen molar-refractivity contribution < 1.29 is 31.1 Å². The molecule has 0 aliphatic carbocycles. The number of nitrogens with zero attached hydrogens (tertiary/aromatic N) is 2. The number of hydrogen-bond acceptors (Lipinski definition) is 10. The number of carbonyl (C=O) groups excluding carboxylic acids is 1. The number of nitrogens with one attached hydrogen (secondary N) is 2. The van der Waals surface area contributed by atoms with E-state index in [9.17, 15) is 21.6 Å². The number of benzene rings is 1. The molecule has 0 fully saturated rings. The predicted molar refractivity (Wildman–Crippen MR) is 112 cm³/mol. The second kappa shape index (κ2) is 11.6. The van der Waals surface area contributed by atoms with Crippen LogP contribution in [0.5, 0.6) is 0 Å². The van der Waals surface area contributed by atoms with Crippen molar-refractivity contribution in [2.45, 2.75) is 55.7 Å². The summed E-state index contributed by atoms with van der Waals surface area (Å²) in [5, 5.41) is 6.61. The first-order chi connectivity index (χ1) is 14.7. The molecule has 1 amide bonds. The van der Waals surface area contributed by atoms with E-state index in [1.165, 1.54) is 10.4 Å². The van der Waals surface area contributed by atoms with Gasteiger partial charge in [0.05, 0.1) is 11.7 Å². The molecule has 14 heteroatoms. The normalized spacial score (nSPS) is 13.1. The highest BCUT2D eigenvalue weighted by atomic mass is 32.2. The molecular weight excluding hydrogens is 468 g/mol. The van der Waals surface area contributed by atoms with E-state index in [1.54, 1.807) is 30.3 Å². The smallest absolute Gasteiger partial charge is 0.289 e. The van der Waals surface area contributed by atoms with Crippen molar-refractivity contribution in [3.05, 3.63) is 41.6 Å². The molecular formula is C17H24N4O7S3. The summed E-state index contributed by atoms with van der Waals surface area (Å²) in [4.78, 5) is 13.3. The topological polar surface area (TPSA) is 165 Å². The summed E-state index contributed by atoms with van der Waals surface area (Å²) >= 11 is 0.643. The summed E-state index contributed by atoms with van der Waals surface area (Å²) < 4.78 is 62.2. The lowest BCUT2D eigenvalue weighted by Gasteiger charge is -2.15. The Morgan fingerprint density at radius 3 is 2.48 bits per heavy atom. The second-order valence-corrected chi connectivity index (χ2v) is 10.5. The molecule has 31 heavy (non-hydrogen) atoms. The molecule has 0 radical (unpaired) electrons. The van der Waals surface area contributed by atoms with E-state index in [4.69, 9.17) is 5.21 Å². The molecule has 0 bridgehead atoms. The van der Waals surface area contributed by atoms with Crippen molar-refractivity contribution >= 4 is 37.8 Å². The highest BCUT2D eigenvalue weighted by molar-refractivity contribution is 7.92. The Kier molecular flexibility index (Phi) is 9.46. The molecule has 2 rings (SSSR count). The van der Waals surface area contributed by atoms with Crippen LogP contribution in [0.1, 0.15) is 50.3 Å². The van der Waals surface area contributed by atoms with Gasteiger partial charge in [-0.2, -0.15) is 21.4 Å². The van der Waals surface area contributed by atoms with Gasteiger partial charge in [0.1, 0.15) is 5.69 Å². The summed E-state index contributed by atoms with van der Waals surface area (Å²) in [5.41, 5.74) is 2.16. The van der Waals surface area contributed by atoms with Crippen molar-refractivity contribution in [1.82, 2.24) is 19.1 Å². The Morgan fingerprint density at radius 2 is 1.84 bits per heavy atom. The summed E-state index contributed by atoms with van der Waals surface area (Å²) in [7, 11) is -9.23. The number of aromatic nitrogens is 2. The van der Waals surface area contributed by atoms with E-state index in [2.05, 4.69) is 13.0 Å². The fourth-order valence-corrected chi connectivity index (χ4v) is 5.87. The van der Waals surface area contributed by atoms with Crippen molar-refractivity contribution in [1.29, 1.82) is 0 Å². The van der Waals surface area contributed by atoms with E-state index in [1.807, 2.05) is 6.92 Å². The molecule has 1 unspecified atom stereocenters. The third-order valence-corrected chi connectivity index (χ3v) is 7.73. The van der Waals surface area contributed by atoms with Crippen LogP contribution in [0.4, 0.5) is 0 Å². The van der Waals surface area contributed by atoms with E-state index >= 15 is 0 Å². The first-order valence-electron chi connectivity index (χ1n) is 9.44. The largest absolute Gasteiger partial charge is 0.334 e. The third-order valence-electron chi connectivity index (χ3n) is 4.33. The number of rotatable bonds is 13. The van der Waals surface area contributed by atoms with Gasteiger partial charge in [0, 0.05) is 6.42 Å². The van der Waals surface area contributed by atoms with Gasteiger partial charge in [0.25, 0.3) is 5.91 Å². The van der Waals surface area contributed by atoms with Crippen molar-refractivity contribution in [3.8, 4) is 0 Å². The Bertz CT molecular complexity index is 1060. The van der Waals surface area contributed by atoms with E-state index in [0.29, 0.717) is 24.6 Å². The zero-order valence-electron chi connectivity index (χ0n) is 16.7. The molecule has 0 saturated heterocycles. The molecule has 0 aliphatic rings. The lowest BCUT2D eigenvalue weighted by molar-refractivity contribution is -0.128. The van der Waals surface area contributed by atoms with E-state index in [-0.39, 0.29) is 18.5 Å². The Balaban J connectivity index is 2.12. The van der Waals surface area contributed by atoms with Crippen molar-refractivity contribution in [3.63, 3.8) is 0 Å². The molecule has 172 valence electrons. The predicted octanol–water partition coefficient (Wildman–Crippen LogP) is 1.51. The Morgan fingerprint density at radius 1 is 1.13 bits per heavy atom. The van der Waals surface area contributed by atoms with Gasteiger partial charge in [-0.15, -0.1) is 0 Å². The van der Waals surface area contributed by atoms with Crippen LogP contribution in [0.3, 0.4) is 0 Å². The monoisotopic (exact) mass is 492 g/mol. The number of sulfonamides is 1. The molecule has 1 aromatic carbocycles. The van der Waals surface area contributed by atoms with Crippen LogP contribution in [-0.2, 0) is 35.6 Å². The fourth-order valence-electron chi connectivity index (χ4n) is 2.73. The van der Waals surface area contributed by atoms with Gasteiger partial charge >= 0.3 is 10.1 Å². The van der Waals surface area contributed by atoms with Crippen LogP contribution >= 0.6 is 11.7 Å². The first-order valence-corrected chi connectivity index (χ1v) is 13.1. The standard InChI is InChI=1S/C17H24N4O7S3/c1-2-3-4-8-11-15(16(22)18-23)30(24,25)21-28-31(26,27)17-14(19-29-20-17)12-13-9-6-5-7-10-13/h5-7,9-10,15,21,23H,2-4,8,11-12H2,1H3,(H,18,22). The maximum Gasteiger partial charge on any atom is 0.334 e. The van der Waals surface area contributed by atoms with Crippen LogP contribution < -0.4 is 10.4 Å². The molecule has 2 aromatic rings. The number of hydrogen-bond donors (Lipinski definition) is 3. The SMILES string of the molecule is CCCCCCC(C(=O)NO)S(=O)(=O)NOS(=O)(=O)c1nsnc1Cc1ccccc1. The molecule has 0 spiro atoms. The molecule has 0 saturated carbocycles. The highest BCUT2D eigenvalue weighted by Gasteiger charge is 2.35. The molecule has 0 aliphatic heterocycles. The van der Waals surface area contributed by atoms with Gasteiger partial charge in [-0.25, -0.2) is 13.9 Å². The average Bonchev–Trinajstić information content (AvgIpc) is 3.22. The Hall–Kier alpha value is -1.97. The fraction of sp³-hybridized carbons (Fsp3) is 0.471. The number of hydroxylamine groups is 1. The minimum atomic E-state index is -4.64. The first kappa shape index (κ1) is 25.3. The molecule has 1 atom stereocenters. The minimum Gasteiger partial charge on any atom is -0.289 e. The number of amides is 1. The van der Waals surface area contributed by atoms with Crippen LogP contribution in [0.25, 0.3) is 0 Å². The molecule has 11 nitrogen and oxygen atoms in total. The zero-order valence-corrected chi connectivity index (χ0v) is 19.2. The number of unbranched alkanes of at least 4 members (excludes halogenated alkanes) is 3. The third kappa shape index (κ3) is 7.29. The minimum absolute atomic E-state index is 0.0969. The lowest BCUT2D eigenvalue weighted by Crippen LogP contribution is -2.45. The van der Waals surface area contributed by atoms with Crippen LogP contribution in [0, 0.1) is 0 Å². The maximum atomic E-state index is 12.5. The van der Waals surface area contributed by atoms with E-state index in [0.717, 1.165) is 18.4 Å². The van der Waals surface area contributed by atoms with Crippen molar-refractivity contribution in [2.75, 3.05) is 0 Å². The maximum absolute atomic E-state index is 12.5. The van der Waals surface area contributed by atoms with E-state index < -0.39 is 36.3 Å². The quantitative estimate of drug-likeness (QED) is 0.213. The molecule has 3 N–H and O–H groups in total. The highest BCUT2D eigenvalue weighted by Crippen LogP contribution is 2.20. The average molecular weight is 493 g/mol. The summed E-state index contributed by atoms with van der Waals surface area (Å²) in [6, 6.07) is 8.91. The second-order valence-electron chi connectivity index (χ2n) is 6.66. The zero-order chi connectivity index (χ0) is 22.9. The molecule has 1 aromatic heterocycles. The van der Waals surface area contributed by atoms with Gasteiger partial charge in [0.15, 0.2) is 5.25 Å². The Labute approximate surface area is 185 Å². The van der Waals surface area contributed by atoms with Gasteiger partial charge < -0.3 is 0 Å². The lowest BCUT2D eigenvalue weighted by atomic mass is 10.1. The van der Waals surface area contributed by atoms with Crippen molar-refractivity contribution in [2.24, 2.45) is 0 Å². The molecule has 1 heterocycles. The summed E-state index contributed by atoms with van der Waals surface area (Å²) in [5.74, 6) is -1.19. The van der Waals surface area contributed by atoms with Crippen LogP contribution in [0.15, 0.2) is 35.4 Å².